The van der Waals surface area contributed by atoms with Gasteiger partial charge in [0, 0.05) is 17.3 Å². The number of para-hydroxylation sites is 1. The SMILES string of the molecule is COc1ccc(NC(=O)[C@@H](NS(=O)(=O)c2cccc3cccnc23)C(C)C)cc1Cl. The molecule has 3 aromatic rings. The van der Waals surface area contributed by atoms with Crippen molar-refractivity contribution in [2.45, 2.75) is 24.8 Å². The Bertz CT molecular complexity index is 1180. The van der Waals surface area contributed by atoms with Crippen molar-refractivity contribution < 1.29 is 17.9 Å². The van der Waals surface area contributed by atoms with Gasteiger partial charge in [0.25, 0.3) is 0 Å². The summed E-state index contributed by atoms with van der Waals surface area (Å²) in [5, 5.41) is 3.73. The van der Waals surface area contributed by atoms with Crippen LogP contribution in [0.5, 0.6) is 5.75 Å². The molecule has 0 unspecified atom stereocenters. The van der Waals surface area contributed by atoms with Crippen LogP contribution >= 0.6 is 11.6 Å². The van der Waals surface area contributed by atoms with Crippen LogP contribution in [0.15, 0.2) is 59.6 Å². The Morgan fingerprint density at radius 1 is 1.13 bits per heavy atom. The number of fused-ring (bicyclic) bond motifs is 1. The van der Waals surface area contributed by atoms with Crippen molar-refractivity contribution in [3.8, 4) is 5.75 Å². The van der Waals surface area contributed by atoms with E-state index in [1.807, 2.05) is 0 Å². The van der Waals surface area contributed by atoms with Crippen LogP contribution in [0, 0.1) is 5.92 Å². The normalized spacial score (nSPS) is 12.7. The van der Waals surface area contributed by atoms with Crippen LogP contribution in [-0.4, -0.2) is 32.5 Å². The summed E-state index contributed by atoms with van der Waals surface area (Å²) in [6.45, 7) is 3.52. The zero-order valence-electron chi connectivity index (χ0n) is 16.7. The van der Waals surface area contributed by atoms with Gasteiger partial charge in [-0.25, -0.2) is 8.42 Å². The van der Waals surface area contributed by atoms with Crippen LogP contribution in [0.25, 0.3) is 10.9 Å². The van der Waals surface area contributed by atoms with Crippen LogP contribution < -0.4 is 14.8 Å². The first kappa shape index (κ1) is 22.0. The van der Waals surface area contributed by atoms with Gasteiger partial charge in [-0.3, -0.25) is 9.78 Å². The van der Waals surface area contributed by atoms with Crippen molar-refractivity contribution in [2.24, 2.45) is 5.92 Å². The van der Waals surface area contributed by atoms with Gasteiger partial charge < -0.3 is 10.1 Å². The molecule has 0 fully saturated rings. The van der Waals surface area contributed by atoms with Gasteiger partial charge in [0.15, 0.2) is 0 Å². The summed E-state index contributed by atoms with van der Waals surface area (Å²) in [7, 11) is -2.52. The molecule has 1 atom stereocenters. The Kier molecular flexibility index (Phi) is 6.60. The second-order valence-electron chi connectivity index (χ2n) is 7.01. The molecule has 2 N–H and O–H groups in total. The molecular formula is C21H22ClN3O4S. The topological polar surface area (TPSA) is 97.4 Å². The fraction of sp³-hybridized carbons (Fsp3) is 0.238. The lowest BCUT2D eigenvalue weighted by atomic mass is 10.0. The van der Waals surface area contributed by atoms with E-state index in [0.29, 0.717) is 27.4 Å². The maximum Gasteiger partial charge on any atom is 0.243 e. The molecule has 0 saturated carbocycles. The third-order valence-corrected chi connectivity index (χ3v) is 6.30. The Hall–Kier alpha value is -2.68. The van der Waals surface area contributed by atoms with E-state index < -0.39 is 22.0 Å². The number of ether oxygens (including phenoxy) is 1. The van der Waals surface area contributed by atoms with Gasteiger partial charge >= 0.3 is 0 Å². The minimum absolute atomic E-state index is 0.0199. The van der Waals surface area contributed by atoms with E-state index in [2.05, 4.69) is 15.0 Å². The van der Waals surface area contributed by atoms with E-state index in [4.69, 9.17) is 16.3 Å². The highest BCUT2D eigenvalue weighted by molar-refractivity contribution is 7.89. The Labute approximate surface area is 180 Å². The molecule has 0 aliphatic rings. The molecule has 1 amide bonds. The zero-order valence-corrected chi connectivity index (χ0v) is 18.3. The summed E-state index contributed by atoms with van der Waals surface area (Å²) in [5.41, 5.74) is 0.778. The summed E-state index contributed by atoms with van der Waals surface area (Å²) >= 11 is 6.10. The van der Waals surface area contributed by atoms with Gasteiger partial charge in [-0.15, -0.1) is 0 Å². The maximum atomic E-state index is 13.1. The van der Waals surface area contributed by atoms with Crippen LogP contribution in [0.2, 0.25) is 5.02 Å². The molecule has 1 heterocycles. The molecule has 158 valence electrons. The number of amides is 1. The van der Waals surface area contributed by atoms with Crippen molar-refractivity contribution in [1.29, 1.82) is 0 Å². The van der Waals surface area contributed by atoms with Crippen molar-refractivity contribution in [2.75, 3.05) is 12.4 Å². The van der Waals surface area contributed by atoms with Crippen molar-refractivity contribution in [3.05, 3.63) is 59.8 Å². The van der Waals surface area contributed by atoms with Gasteiger partial charge in [0.05, 0.1) is 17.6 Å². The van der Waals surface area contributed by atoms with Crippen LogP contribution in [0.3, 0.4) is 0 Å². The highest BCUT2D eigenvalue weighted by Crippen LogP contribution is 2.27. The minimum atomic E-state index is -4.01. The lowest BCUT2D eigenvalue weighted by Crippen LogP contribution is -2.47. The van der Waals surface area contributed by atoms with Gasteiger partial charge in [-0.1, -0.05) is 43.6 Å². The highest BCUT2D eigenvalue weighted by Gasteiger charge is 2.29. The number of nitrogens with one attached hydrogen (secondary N) is 2. The van der Waals surface area contributed by atoms with Crippen molar-refractivity contribution in [3.63, 3.8) is 0 Å². The number of carbonyl (C=O) groups excluding carboxylic acids is 1. The van der Waals surface area contributed by atoms with Gasteiger partial charge in [0.2, 0.25) is 15.9 Å². The number of carbonyl (C=O) groups is 1. The molecule has 0 spiro atoms. The summed E-state index contributed by atoms with van der Waals surface area (Å²) in [6.07, 6.45) is 1.53. The summed E-state index contributed by atoms with van der Waals surface area (Å²) in [6, 6.07) is 12.2. The maximum absolute atomic E-state index is 13.1. The number of methoxy groups -OCH3 is 1. The third-order valence-electron chi connectivity index (χ3n) is 4.54. The molecule has 0 saturated heterocycles. The Balaban J connectivity index is 1.87. The molecule has 0 radical (unpaired) electrons. The van der Waals surface area contributed by atoms with E-state index in [9.17, 15) is 13.2 Å². The van der Waals surface area contributed by atoms with E-state index in [1.165, 1.54) is 19.4 Å². The average molecular weight is 448 g/mol. The first-order chi connectivity index (χ1) is 14.2. The highest BCUT2D eigenvalue weighted by atomic mass is 35.5. The fourth-order valence-electron chi connectivity index (χ4n) is 2.98. The molecule has 3 rings (SSSR count). The molecule has 2 aromatic carbocycles. The number of sulfonamides is 1. The standard InChI is InChI=1S/C21H22ClN3O4S/c1-13(2)19(21(26)24-15-9-10-17(29-3)16(22)12-15)25-30(27,28)18-8-4-6-14-7-5-11-23-20(14)18/h4-13,19,25H,1-3H3,(H,24,26)/t19-/m0/s1. The van der Waals surface area contributed by atoms with E-state index in [0.717, 1.165) is 0 Å². The van der Waals surface area contributed by atoms with Crippen LogP contribution in [-0.2, 0) is 14.8 Å². The number of benzene rings is 2. The molecule has 0 aliphatic heterocycles. The molecule has 1 aromatic heterocycles. The first-order valence-corrected chi connectivity index (χ1v) is 11.1. The molecular weight excluding hydrogens is 426 g/mol. The summed E-state index contributed by atoms with van der Waals surface area (Å²) in [5.74, 6) is -0.335. The molecule has 30 heavy (non-hydrogen) atoms. The molecule has 0 aliphatic carbocycles. The number of halogens is 1. The Morgan fingerprint density at radius 3 is 2.53 bits per heavy atom. The molecule has 7 nitrogen and oxygen atoms in total. The number of hydrogen-bond donors (Lipinski definition) is 2. The smallest absolute Gasteiger partial charge is 0.243 e. The Morgan fingerprint density at radius 2 is 1.87 bits per heavy atom. The molecule has 0 bridgehead atoms. The van der Waals surface area contributed by atoms with Gasteiger partial charge in [-0.2, -0.15) is 4.72 Å². The second-order valence-corrected chi connectivity index (χ2v) is 9.10. The van der Waals surface area contributed by atoms with Gasteiger partial charge in [-0.05, 0) is 36.2 Å². The fourth-order valence-corrected chi connectivity index (χ4v) is 4.76. The summed E-state index contributed by atoms with van der Waals surface area (Å²) < 4.78 is 33.8. The van der Waals surface area contributed by atoms with E-state index in [1.54, 1.807) is 56.3 Å². The van der Waals surface area contributed by atoms with Crippen LogP contribution in [0.1, 0.15) is 13.8 Å². The second kappa shape index (κ2) is 8.99. The average Bonchev–Trinajstić information content (AvgIpc) is 2.71. The number of nitrogens with zero attached hydrogens (tertiary/aromatic N) is 1. The zero-order chi connectivity index (χ0) is 21.9. The molecule has 9 heteroatoms. The van der Waals surface area contributed by atoms with E-state index in [-0.39, 0.29) is 10.8 Å². The predicted octanol–water partition coefficient (Wildman–Crippen LogP) is 3.84. The largest absolute Gasteiger partial charge is 0.495 e. The number of rotatable bonds is 7. The number of aromatic nitrogens is 1. The first-order valence-electron chi connectivity index (χ1n) is 9.23. The van der Waals surface area contributed by atoms with Gasteiger partial charge in [0.1, 0.15) is 16.7 Å². The lowest BCUT2D eigenvalue weighted by molar-refractivity contribution is -0.118. The third kappa shape index (κ3) is 4.72. The lowest BCUT2D eigenvalue weighted by Gasteiger charge is -2.22. The predicted molar refractivity (Wildman–Crippen MR) is 117 cm³/mol. The minimum Gasteiger partial charge on any atom is -0.495 e. The quantitative estimate of drug-likeness (QED) is 0.573. The van der Waals surface area contributed by atoms with E-state index >= 15 is 0 Å². The monoisotopic (exact) mass is 447 g/mol. The van der Waals surface area contributed by atoms with Crippen molar-refractivity contribution >= 4 is 44.1 Å². The number of hydrogen-bond acceptors (Lipinski definition) is 5. The number of anilines is 1. The number of pyridine rings is 1. The van der Waals surface area contributed by atoms with Crippen LogP contribution in [0.4, 0.5) is 5.69 Å². The van der Waals surface area contributed by atoms with Crippen molar-refractivity contribution in [1.82, 2.24) is 9.71 Å². The summed E-state index contributed by atoms with van der Waals surface area (Å²) in [4.78, 5) is 17.1.